The number of hydrogen-bond acceptors (Lipinski definition) is 5. The Balaban J connectivity index is 1.54. The molecule has 0 aliphatic carbocycles. The summed E-state index contributed by atoms with van der Waals surface area (Å²) in [7, 11) is -3.14. The predicted octanol–water partition coefficient (Wildman–Crippen LogP) is 0.473. The van der Waals surface area contributed by atoms with Crippen molar-refractivity contribution < 1.29 is 22.7 Å². The molecule has 0 bridgehead atoms. The van der Waals surface area contributed by atoms with Crippen LogP contribution in [0.5, 0.6) is 5.75 Å². The van der Waals surface area contributed by atoms with Gasteiger partial charge in [0.15, 0.2) is 9.84 Å². The van der Waals surface area contributed by atoms with Gasteiger partial charge in [-0.05, 0) is 36.6 Å². The van der Waals surface area contributed by atoms with Crippen LogP contribution in [0.25, 0.3) is 0 Å². The van der Waals surface area contributed by atoms with E-state index in [1.165, 1.54) is 0 Å². The molecule has 2 aliphatic rings. The van der Waals surface area contributed by atoms with Crippen molar-refractivity contribution in [3.05, 3.63) is 28.8 Å². The van der Waals surface area contributed by atoms with E-state index in [1.54, 1.807) is 18.2 Å². The highest BCUT2D eigenvalue weighted by Crippen LogP contribution is 2.29. The van der Waals surface area contributed by atoms with Crippen LogP contribution in [0.1, 0.15) is 12.0 Å². The first-order chi connectivity index (χ1) is 11.3. The van der Waals surface area contributed by atoms with Crippen LogP contribution in [0.2, 0.25) is 5.02 Å². The molecule has 3 rings (SSSR count). The molecular formula is C15H17ClN2O5S. The molecule has 2 amide bonds. The third kappa shape index (κ3) is 3.81. The van der Waals surface area contributed by atoms with Crippen LogP contribution in [0.15, 0.2) is 18.2 Å². The number of sulfone groups is 1. The normalized spacial score (nSPS) is 24.5. The van der Waals surface area contributed by atoms with Gasteiger partial charge in [0, 0.05) is 5.02 Å². The summed E-state index contributed by atoms with van der Waals surface area (Å²) in [6.07, 6.45) is 0.734. The van der Waals surface area contributed by atoms with Gasteiger partial charge >= 0.3 is 0 Å². The van der Waals surface area contributed by atoms with Crippen molar-refractivity contribution in [2.75, 3.05) is 18.1 Å². The summed E-state index contributed by atoms with van der Waals surface area (Å²) < 4.78 is 28.3. The van der Waals surface area contributed by atoms with E-state index in [2.05, 4.69) is 10.9 Å². The first-order valence-electron chi connectivity index (χ1n) is 7.55. The monoisotopic (exact) mass is 372 g/mol. The van der Waals surface area contributed by atoms with Crippen LogP contribution in [-0.4, -0.2) is 38.3 Å². The van der Waals surface area contributed by atoms with Gasteiger partial charge in [0.25, 0.3) is 0 Å². The van der Waals surface area contributed by atoms with Gasteiger partial charge in [-0.2, -0.15) is 0 Å². The molecule has 0 saturated carbocycles. The zero-order chi connectivity index (χ0) is 17.3. The maximum Gasteiger partial charge on any atom is 0.245 e. The van der Waals surface area contributed by atoms with E-state index in [9.17, 15) is 18.0 Å². The SMILES string of the molecule is O=C(NNC(=O)[C@H]1COc2ccc(Cl)cc2C1)[C@@H]1CCS(=O)(=O)C1. The molecule has 1 fully saturated rings. The fourth-order valence-corrected chi connectivity index (χ4v) is 4.80. The third-order valence-corrected chi connectivity index (χ3v) is 6.21. The summed E-state index contributed by atoms with van der Waals surface area (Å²) in [5, 5.41) is 0.564. The first kappa shape index (κ1) is 17.0. The molecule has 0 radical (unpaired) electrons. The summed E-state index contributed by atoms with van der Waals surface area (Å²) in [6.45, 7) is 0.203. The molecule has 2 heterocycles. The molecular weight excluding hydrogens is 356 g/mol. The second kappa shape index (κ2) is 6.60. The fourth-order valence-electron chi connectivity index (χ4n) is 2.86. The van der Waals surface area contributed by atoms with Crippen molar-refractivity contribution in [1.82, 2.24) is 10.9 Å². The first-order valence-corrected chi connectivity index (χ1v) is 9.75. The number of rotatable bonds is 2. The lowest BCUT2D eigenvalue weighted by molar-refractivity contribution is -0.133. The summed E-state index contributed by atoms with van der Waals surface area (Å²) in [4.78, 5) is 24.1. The fraction of sp³-hybridized carbons (Fsp3) is 0.467. The van der Waals surface area contributed by atoms with E-state index < -0.39 is 27.6 Å². The van der Waals surface area contributed by atoms with Crippen molar-refractivity contribution in [1.29, 1.82) is 0 Å². The Bertz CT molecular complexity index is 780. The molecule has 2 aliphatic heterocycles. The molecule has 0 aromatic heterocycles. The average molecular weight is 373 g/mol. The van der Waals surface area contributed by atoms with E-state index >= 15 is 0 Å². The van der Waals surface area contributed by atoms with Crippen LogP contribution in [0, 0.1) is 11.8 Å². The highest BCUT2D eigenvalue weighted by Gasteiger charge is 2.33. The largest absolute Gasteiger partial charge is 0.492 e. The van der Waals surface area contributed by atoms with Gasteiger partial charge < -0.3 is 4.74 Å². The van der Waals surface area contributed by atoms with Crippen LogP contribution < -0.4 is 15.6 Å². The number of halogens is 1. The molecule has 130 valence electrons. The van der Waals surface area contributed by atoms with E-state index in [4.69, 9.17) is 16.3 Å². The summed E-state index contributed by atoms with van der Waals surface area (Å²) in [5.74, 6) is -1.40. The van der Waals surface area contributed by atoms with E-state index in [0.717, 1.165) is 5.56 Å². The molecule has 1 aromatic carbocycles. The molecule has 2 atom stereocenters. The molecule has 0 spiro atoms. The second-order valence-corrected chi connectivity index (χ2v) is 8.71. The van der Waals surface area contributed by atoms with Crippen molar-refractivity contribution >= 4 is 33.3 Å². The van der Waals surface area contributed by atoms with E-state index in [0.29, 0.717) is 17.2 Å². The number of fused-ring (bicyclic) bond motifs is 1. The van der Waals surface area contributed by atoms with Gasteiger partial charge in [-0.25, -0.2) is 8.42 Å². The Morgan fingerprint density at radius 2 is 1.88 bits per heavy atom. The topological polar surface area (TPSA) is 102 Å². The summed E-state index contributed by atoms with van der Waals surface area (Å²) in [5.41, 5.74) is 5.50. The lowest BCUT2D eigenvalue weighted by atomic mass is 9.96. The zero-order valence-corrected chi connectivity index (χ0v) is 14.3. The quantitative estimate of drug-likeness (QED) is 0.735. The number of amides is 2. The van der Waals surface area contributed by atoms with E-state index in [-0.39, 0.29) is 30.4 Å². The molecule has 0 unspecified atom stereocenters. The Kier molecular flexibility index (Phi) is 4.69. The van der Waals surface area contributed by atoms with Crippen LogP contribution >= 0.6 is 11.6 Å². The van der Waals surface area contributed by atoms with Gasteiger partial charge in [0.2, 0.25) is 11.8 Å². The van der Waals surface area contributed by atoms with Crippen molar-refractivity contribution in [2.45, 2.75) is 12.8 Å². The Labute approximate surface area is 144 Å². The molecule has 1 saturated heterocycles. The molecule has 1 aromatic rings. The second-order valence-electron chi connectivity index (χ2n) is 6.04. The Morgan fingerprint density at radius 3 is 2.54 bits per heavy atom. The molecule has 7 nitrogen and oxygen atoms in total. The maximum atomic E-state index is 12.2. The molecule has 9 heteroatoms. The minimum atomic E-state index is -3.14. The average Bonchev–Trinajstić information content (AvgIpc) is 2.91. The minimum absolute atomic E-state index is 0.00699. The lowest BCUT2D eigenvalue weighted by Crippen LogP contribution is -2.49. The number of carbonyl (C=O) groups excluding carboxylic acids is 2. The van der Waals surface area contributed by atoms with Crippen LogP contribution in [0.3, 0.4) is 0 Å². The van der Waals surface area contributed by atoms with Gasteiger partial charge in [-0.3, -0.25) is 20.4 Å². The smallest absolute Gasteiger partial charge is 0.245 e. The number of benzene rings is 1. The Morgan fingerprint density at radius 1 is 1.17 bits per heavy atom. The summed E-state index contributed by atoms with van der Waals surface area (Å²) in [6, 6.07) is 5.23. The number of carbonyl (C=O) groups is 2. The zero-order valence-electron chi connectivity index (χ0n) is 12.7. The van der Waals surface area contributed by atoms with Gasteiger partial charge in [0.1, 0.15) is 12.4 Å². The van der Waals surface area contributed by atoms with Gasteiger partial charge in [-0.15, -0.1) is 0 Å². The van der Waals surface area contributed by atoms with Crippen molar-refractivity contribution in [3.63, 3.8) is 0 Å². The number of ether oxygens (including phenoxy) is 1. The third-order valence-electron chi connectivity index (χ3n) is 4.21. The molecule has 2 N–H and O–H groups in total. The Hall–Kier alpha value is -1.80. The van der Waals surface area contributed by atoms with Crippen LogP contribution in [0.4, 0.5) is 0 Å². The molecule has 24 heavy (non-hydrogen) atoms. The standard InChI is InChI=1S/C15H17ClN2O5S/c16-12-1-2-13-10(6-12)5-11(7-23-13)15(20)18-17-14(19)9-3-4-24(21,22)8-9/h1-2,6,9,11H,3-5,7-8H2,(H,17,19)(H,18,20)/t9-,11-/m1/s1. The van der Waals surface area contributed by atoms with Crippen LogP contribution in [-0.2, 0) is 25.8 Å². The van der Waals surface area contributed by atoms with E-state index in [1.807, 2.05) is 0 Å². The maximum absolute atomic E-state index is 12.2. The highest BCUT2D eigenvalue weighted by molar-refractivity contribution is 7.91. The highest BCUT2D eigenvalue weighted by atomic mass is 35.5. The minimum Gasteiger partial charge on any atom is -0.492 e. The van der Waals surface area contributed by atoms with Crippen molar-refractivity contribution in [3.8, 4) is 5.75 Å². The lowest BCUT2D eigenvalue weighted by Gasteiger charge is -2.25. The number of hydrogen-bond donors (Lipinski definition) is 2. The van der Waals surface area contributed by atoms with Gasteiger partial charge in [-0.1, -0.05) is 11.6 Å². The van der Waals surface area contributed by atoms with Crippen molar-refractivity contribution in [2.24, 2.45) is 11.8 Å². The van der Waals surface area contributed by atoms with Gasteiger partial charge in [0.05, 0.1) is 23.3 Å². The summed E-state index contributed by atoms with van der Waals surface area (Å²) >= 11 is 5.94. The predicted molar refractivity (Wildman–Crippen MR) is 87.2 cm³/mol. The number of hydrazine groups is 1. The number of nitrogens with one attached hydrogen (secondary N) is 2.